The molecule has 0 spiro atoms. The van der Waals surface area contributed by atoms with Crippen LogP contribution in [0, 0.1) is 13.8 Å². The Labute approximate surface area is 204 Å². The number of methoxy groups -OCH3 is 2. The van der Waals surface area contributed by atoms with E-state index in [2.05, 4.69) is 10.4 Å². The molecule has 2 heterocycles. The first-order chi connectivity index (χ1) is 16.7. The summed E-state index contributed by atoms with van der Waals surface area (Å²) in [5.41, 5.74) is 3.19. The molecule has 2 aromatic carbocycles. The summed E-state index contributed by atoms with van der Waals surface area (Å²) >= 11 is 0. The normalized spacial score (nSPS) is 16.6. The molecule has 1 saturated heterocycles. The van der Waals surface area contributed by atoms with Crippen LogP contribution in [0.4, 0.5) is 5.82 Å². The van der Waals surface area contributed by atoms with Crippen LogP contribution in [0.25, 0.3) is 11.3 Å². The van der Waals surface area contributed by atoms with Crippen molar-refractivity contribution in [3.05, 3.63) is 53.6 Å². The van der Waals surface area contributed by atoms with Crippen LogP contribution >= 0.6 is 0 Å². The lowest BCUT2D eigenvalue weighted by Crippen LogP contribution is -2.24. The second-order valence-electron chi connectivity index (χ2n) is 8.54. The van der Waals surface area contributed by atoms with Gasteiger partial charge >= 0.3 is 0 Å². The van der Waals surface area contributed by atoms with E-state index in [9.17, 15) is 13.2 Å². The Bertz CT molecular complexity index is 1330. The average molecular weight is 500 g/mol. The average Bonchev–Trinajstić information content (AvgIpc) is 3.40. The van der Waals surface area contributed by atoms with Crippen molar-refractivity contribution in [3.63, 3.8) is 0 Å². The Morgan fingerprint density at radius 3 is 2.43 bits per heavy atom. The van der Waals surface area contributed by atoms with E-state index < -0.39 is 9.84 Å². The van der Waals surface area contributed by atoms with Crippen molar-refractivity contribution in [1.29, 1.82) is 0 Å². The number of anilines is 1. The Balaban J connectivity index is 1.61. The topological polar surface area (TPSA) is 109 Å². The minimum Gasteiger partial charge on any atom is -0.493 e. The smallest absolute Gasteiger partial charge is 0.263 e. The number of nitrogens with one attached hydrogen (secondary N) is 1. The van der Waals surface area contributed by atoms with Gasteiger partial charge in [-0.2, -0.15) is 5.10 Å². The molecule has 1 N–H and O–H groups in total. The monoisotopic (exact) mass is 499 g/mol. The first kappa shape index (κ1) is 24.6. The zero-order valence-corrected chi connectivity index (χ0v) is 21.0. The summed E-state index contributed by atoms with van der Waals surface area (Å²) in [6.07, 6.45) is 0.428. The molecule has 9 nitrogen and oxygen atoms in total. The number of carbonyl (C=O) groups excluding carboxylic acids is 1. The molecule has 3 aromatic rings. The summed E-state index contributed by atoms with van der Waals surface area (Å²) in [6.45, 7) is 3.65. The maximum absolute atomic E-state index is 12.8. The van der Waals surface area contributed by atoms with Crippen LogP contribution in [0.5, 0.6) is 17.2 Å². The van der Waals surface area contributed by atoms with Crippen LogP contribution in [0.15, 0.2) is 42.5 Å². The molecular weight excluding hydrogens is 470 g/mol. The van der Waals surface area contributed by atoms with Crippen LogP contribution < -0.4 is 19.5 Å². The number of rotatable bonds is 8. The predicted molar refractivity (Wildman–Crippen MR) is 133 cm³/mol. The van der Waals surface area contributed by atoms with E-state index >= 15 is 0 Å². The summed E-state index contributed by atoms with van der Waals surface area (Å²) in [5.74, 6) is 1.89. The molecule has 186 valence electrons. The fourth-order valence-electron chi connectivity index (χ4n) is 4.21. The lowest BCUT2D eigenvalue weighted by atomic mass is 10.1. The highest BCUT2D eigenvalue weighted by Crippen LogP contribution is 2.35. The number of benzene rings is 2. The summed E-state index contributed by atoms with van der Waals surface area (Å²) < 4.78 is 42.3. The maximum Gasteiger partial charge on any atom is 0.263 e. The van der Waals surface area contributed by atoms with Crippen molar-refractivity contribution in [3.8, 4) is 28.5 Å². The van der Waals surface area contributed by atoms with Crippen molar-refractivity contribution >= 4 is 21.6 Å². The standard InChI is InChI=1S/C25H29N3O6S/c1-16-6-5-7-17(2)25(16)34-14-24(29)26-23-13-20(18-8-9-21(32-3)22(12-18)33-4)27-28(23)19-10-11-35(30,31)15-19/h5-9,12-13,19H,10-11,14-15H2,1-4H3,(H,26,29)/t19-/m1/s1. The minimum atomic E-state index is -3.15. The third-order valence-electron chi connectivity index (χ3n) is 5.99. The summed E-state index contributed by atoms with van der Waals surface area (Å²) in [5, 5.41) is 7.51. The highest BCUT2D eigenvalue weighted by molar-refractivity contribution is 7.91. The molecule has 1 aromatic heterocycles. The zero-order chi connectivity index (χ0) is 25.2. The Hall–Kier alpha value is -3.53. The Morgan fingerprint density at radius 1 is 1.09 bits per heavy atom. The van der Waals surface area contributed by atoms with Crippen molar-refractivity contribution in [2.24, 2.45) is 0 Å². The zero-order valence-electron chi connectivity index (χ0n) is 20.2. The number of sulfone groups is 1. The van der Waals surface area contributed by atoms with E-state index in [0.29, 0.717) is 35.2 Å². The molecular formula is C25H29N3O6S. The fourth-order valence-corrected chi connectivity index (χ4v) is 5.91. The molecule has 0 radical (unpaired) electrons. The number of nitrogens with zero attached hydrogens (tertiary/aromatic N) is 2. The van der Waals surface area contributed by atoms with E-state index in [-0.39, 0.29) is 30.1 Å². The summed E-state index contributed by atoms with van der Waals surface area (Å²) in [6, 6.07) is 12.5. The molecule has 0 bridgehead atoms. The van der Waals surface area contributed by atoms with Crippen molar-refractivity contribution < 1.29 is 27.4 Å². The number of ether oxygens (including phenoxy) is 3. The SMILES string of the molecule is COc1ccc(-c2cc(NC(=O)COc3c(C)cccc3C)n([C@@H]3CCS(=O)(=O)C3)n2)cc1OC. The van der Waals surface area contributed by atoms with E-state index in [1.807, 2.05) is 38.1 Å². The summed E-state index contributed by atoms with van der Waals surface area (Å²) in [4.78, 5) is 12.8. The first-order valence-electron chi connectivity index (χ1n) is 11.2. The Kier molecular flexibility index (Phi) is 7.02. The molecule has 10 heteroatoms. The number of aryl methyl sites for hydroxylation is 2. The summed E-state index contributed by atoms with van der Waals surface area (Å²) in [7, 11) is -0.0509. The number of carbonyl (C=O) groups is 1. The van der Waals surface area contributed by atoms with Crippen LogP contribution in [0.1, 0.15) is 23.6 Å². The molecule has 0 saturated carbocycles. The van der Waals surface area contributed by atoms with Gasteiger partial charge in [-0.3, -0.25) is 4.79 Å². The van der Waals surface area contributed by atoms with Gasteiger partial charge in [-0.1, -0.05) is 18.2 Å². The van der Waals surface area contributed by atoms with Crippen LogP contribution in [-0.2, 0) is 14.6 Å². The van der Waals surface area contributed by atoms with Gasteiger partial charge in [0.15, 0.2) is 27.9 Å². The number of hydrogen-bond donors (Lipinski definition) is 1. The number of aromatic nitrogens is 2. The molecule has 35 heavy (non-hydrogen) atoms. The van der Waals surface area contributed by atoms with Gasteiger partial charge in [0, 0.05) is 11.6 Å². The quantitative estimate of drug-likeness (QED) is 0.505. The molecule has 1 fully saturated rings. The van der Waals surface area contributed by atoms with Crippen LogP contribution in [-0.4, -0.2) is 56.4 Å². The van der Waals surface area contributed by atoms with Gasteiger partial charge in [-0.05, 0) is 49.6 Å². The van der Waals surface area contributed by atoms with Gasteiger partial charge in [0.05, 0.1) is 37.5 Å². The van der Waals surface area contributed by atoms with Crippen molar-refractivity contribution in [1.82, 2.24) is 9.78 Å². The number of hydrogen-bond acceptors (Lipinski definition) is 7. The van der Waals surface area contributed by atoms with Gasteiger partial charge < -0.3 is 19.5 Å². The predicted octanol–water partition coefficient (Wildman–Crippen LogP) is 3.56. The van der Waals surface area contributed by atoms with E-state index in [1.165, 1.54) is 0 Å². The van der Waals surface area contributed by atoms with E-state index in [1.54, 1.807) is 37.1 Å². The second kappa shape index (κ2) is 9.99. The fraction of sp³-hybridized carbons (Fsp3) is 0.360. The highest BCUT2D eigenvalue weighted by atomic mass is 32.2. The first-order valence-corrected chi connectivity index (χ1v) is 13.0. The molecule has 0 aliphatic carbocycles. The second-order valence-corrected chi connectivity index (χ2v) is 10.8. The lowest BCUT2D eigenvalue weighted by Gasteiger charge is -2.15. The molecule has 0 unspecified atom stereocenters. The Morgan fingerprint density at radius 2 is 1.80 bits per heavy atom. The molecule has 1 amide bonds. The van der Waals surface area contributed by atoms with Gasteiger partial charge in [-0.25, -0.2) is 13.1 Å². The maximum atomic E-state index is 12.8. The van der Waals surface area contributed by atoms with Crippen LogP contribution in [0.3, 0.4) is 0 Å². The minimum absolute atomic E-state index is 0.0260. The molecule has 1 aliphatic heterocycles. The van der Waals surface area contributed by atoms with Crippen molar-refractivity contribution in [2.45, 2.75) is 26.3 Å². The molecule has 4 rings (SSSR count). The van der Waals surface area contributed by atoms with E-state index in [4.69, 9.17) is 14.2 Å². The van der Waals surface area contributed by atoms with Crippen LogP contribution in [0.2, 0.25) is 0 Å². The molecule has 1 aliphatic rings. The largest absolute Gasteiger partial charge is 0.493 e. The highest BCUT2D eigenvalue weighted by Gasteiger charge is 2.32. The molecule has 1 atom stereocenters. The number of para-hydroxylation sites is 1. The van der Waals surface area contributed by atoms with Gasteiger partial charge in [0.25, 0.3) is 5.91 Å². The van der Waals surface area contributed by atoms with Crippen molar-refractivity contribution in [2.75, 3.05) is 37.6 Å². The van der Waals surface area contributed by atoms with Gasteiger partial charge in [0.2, 0.25) is 0 Å². The van der Waals surface area contributed by atoms with E-state index in [0.717, 1.165) is 16.7 Å². The van der Waals surface area contributed by atoms with Gasteiger partial charge in [0.1, 0.15) is 11.6 Å². The third-order valence-corrected chi connectivity index (χ3v) is 7.74. The lowest BCUT2D eigenvalue weighted by molar-refractivity contribution is -0.118. The number of amides is 1. The third kappa shape index (κ3) is 5.43. The van der Waals surface area contributed by atoms with Gasteiger partial charge in [-0.15, -0.1) is 0 Å².